The van der Waals surface area contributed by atoms with Crippen molar-refractivity contribution >= 4 is 21.6 Å². The molecular weight excluding hydrogens is 372 g/mol. The Labute approximate surface area is 167 Å². The van der Waals surface area contributed by atoms with E-state index < -0.39 is 10.0 Å². The fourth-order valence-corrected chi connectivity index (χ4v) is 4.49. The molecule has 1 N–H and O–H groups in total. The van der Waals surface area contributed by atoms with Gasteiger partial charge in [0.15, 0.2) is 0 Å². The van der Waals surface area contributed by atoms with Gasteiger partial charge in [-0.05, 0) is 80.0 Å². The molecule has 1 unspecified atom stereocenters. The van der Waals surface area contributed by atoms with E-state index in [-0.39, 0.29) is 18.5 Å². The first-order chi connectivity index (χ1) is 13.1. The van der Waals surface area contributed by atoms with Crippen LogP contribution in [0.3, 0.4) is 0 Å². The van der Waals surface area contributed by atoms with Gasteiger partial charge in [-0.3, -0.25) is 9.10 Å². The van der Waals surface area contributed by atoms with Gasteiger partial charge in [0.2, 0.25) is 15.9 Å². The fourth-order valence-electron chi connectivity index (χ4n) is 3.64. The second kappa shape index (κ2) is 7.95. The Bertz CT molecular complexity index is 999. The highest BCUT2D eigenvalue weighted by Crippen LogP contribution is 2.26. The van der Waals surface area contributed by atoms with E-state index in [1.54, 1.807) is 12.1 Å². The smallest absolute Gasteiger partial charge is 0.241 e. The monoisotopic (exact) mass is 400 g/mol. The number of hydrogen-bond donors (Lipinski definition) is 1. The topological polar surface area (TPSA) is 66.5 Å². The standard InChI is InChI=1S/C22H28N2O3S/c1-15-8-11-21(12-16(15)2)24(28(4,26)27)14-22(25)23-17(3)19-10-9-18-6-5-7-20(18)13-19/h8-13,17H,5-7,14H2,1-4H3,(H,23,25). The maximum absolute atomic E-state index is 12.6. The molecule has 0 fully saturated rings. The molecule has 0 saturated heterocycles. The van der Waals surface area contributed by atoms with Gasteiger partial charge in [-0.25, -0.2) is 8.42 Å². The minimum Gasteiger partial charge on any atom is -0.348 e. The lowest BCUT2D eigenvalue weighted by molar-refractivity contribution is -0.120. The number of sulfonamides is 1. The van der Waals surface area contributed by atoms with Crippen LogP contribution in [-0.2, 0) is 27.7 Å². The van der Waals surface area contributed by atoms with Crippen molar-refractivity contribution < 1.29 is 13.2 Å². The minimum absolute atomic E-state index is 0.181. The summed E-state index contributed by atoms with van der Waals surface area (Å²) in [6.07, 6.45) is 4.51. The van der Waals surface area contributed by atoms with Crippen LogP contribution in [-0.4, -0.2) is 27.1 Å². The number of fused-ring (bicyclic) bond motifs is 1. The van der Waals surface area contributed by atoms with E-state index in [1.165, 1.54) is 17.5 Å². The second-order valence-corrected chi connectivity index (χ2v) is 9.62. The van der Waals surface area contributed by atoms with Gasteiger partial charge in [-0.1, -0.05) is 24.3 Å². The van der Waals surface area contributed by atoms with Gasteiger partial charge in [-0.2, -0.15) is 0 Å². The average Bonchev–Trinajstić information content (AvgIpc) is 3.09. The number of carbonyl (C=O) groups excluding carboxylic acids is 1. The molecule has 1 aliphatic rings. The summed E-state index contributed by atoms with van der Waals surface area (Å²) in [5.41, 5.74) is 6.36. The van der Waals surface area contributed by atoms with Crippen molar-refractivity contribution in [3.8, 4) is 0 Å². The molecule has 0 aliphatic heterocycles. The number of nitrogens with one attached hydrogen (secondary N) is 1. The van der Waals surface area contributed by atoms with Gasteiger partial charge in [0.25, 0.3) is 0 Å². The second-order valence-electron chi connectivity index (χ2n) is 7.71. The fraction of sp³-hybridized carbons (Fsp3) is 0.409. The number of hydrogen-bond acceptors (Lipinski definition) is 3. The number of aryl methyl sites for hydroxylation is 4. The number of benzene rings is 2. The number of anilines is 1. The van der Waals surface area contributed by atoms with Crippen molar-refractivity contribution in [2.24, 2.45) is 0 Å². The Morgan fingerprint density at radius 3 is 2.46 bits per heavy atom. The summed E-state index contributed by atoms with van der Waals surface area (Å²) in [5, 5.41) is 2.94. The van der Waals surface area contributed by atoms with Crippen LogP contribution in [0.15, 0.2) is 36.4 Å². The molecule has 0 saturated carbocycles. The van der Waals surface area contributed by atoms with Crippen molar-refractivity contribution in [1.29, 1.82) is 0 Å². The third kappa shape index (κ3) is 4.55. The third-order valence-corrected chi connectivity index (χ3v) is 6.61. The largest absolute Gasteiger partial charge is 0.348 e. The molecule has 1 aliphatic carbocycles. The molecule has 0 bridgehead atoms. The first kappa shape index (κ1) is 20.4. The van der Waals surface area contributed by atoms with E-state index in [4.69, 9.17) is 0 Å². The zero-order valence-corrected chi connectivity index (χ0v) is 17.8. The van der Waals surface area contributed by atoms with E-state index in [9.17, 15) is 13.2 Å². The molecule has 1 atom stereocenters. The van der Waals surface area contributed by atoms with Gasteiger partial charge in [0.05, 0.1) is 18.0 Å². The summed E-state index contributed by atoms with van der Waals surface area (Å²) in [6.45, 7) is 5.58. The molecule has 5 nitrogen and oxygen atoms in total. The van der Waals surface area contributed by atoms with Crippen LogP contribution in [0.2, 0.25) is 0 Å². The third-order valence-electron chi connectivity index (χ3n) is 5.47. The van der Waals surface area contributed by atoms with Crippen LogP contribution in [0.5, 0.6) is 0 Å². The molecule has 150 valence electrons. The number of rotatable bonds is 6. The minimum atomic E-state index is -3.58. The highest BCUT2D eigenvalue weighted by Gasteiger charge is 2.22. The zero-order chi connectivity index (χ0) is 20.5. The maximum atomic E-state index is 12.6. The van der Waals surface area contributed by atoms with Crippen LogP contribution in [0.4, 0.5) is 5.69 Å². The van der Waals surface area contributed by atoms with Crippen LogP contribution in [0, 0.1) is 13.8 Å². The average molecular weight is 401 g/mol. The van der Waals surface area contributed by atoms with E-state index in [1.807, 2.05) is 32.9 Å². The van der Waals surface area contributed by atoms with Crippen LogP contribution < -0.4 is 9.62 Å². The first-order valence-electron chi connectivity index (χ1n) is 9.61. The molecule has 1 amide bonds. The molecule has 0 aromatic heterocycles. The van der Waals surface area contributed by atoms with Crippen molar-refractivity contribution in [3.63, 3.8) is 0 Å². The zero-order valence-electron chi connectivity index (χ0n) is 17.0. The summed E-state index contributed by atoms with van der Waals surface area (Å²) in [6, 6.07) is 11.6. The Kier molecular flexibility index (Phi) is 5.79. The predicted octanol–water partition coefficient (Wildman–Crippen LogP) is 3.44. The lowest BCUT2D eigenvalue weighted by Gasteiger charge is -2.24. The van der Waals surface area contributed by atoms with E-state index in [2.05, 4.69) is 17.4 Å². The first-order valence-corrected chi connectivity index (χ1v) is 11.5. The highest BCUT2D eigenvalue weighted by atomic mass is 32.2. The lowest BCUT2D eigenvalue weighted by atomic mass is 10.0. The normalized spacial score (nSPS) is 14.4. The van der Waals surface area contributed by atoms with Crippen LogP contribution in [0.25, 0.3) is 0 Å². The molecular formula is C22H28N2O3S. The highest BCUT2D eigenvalue weighted by molar-refractivity contribution is 7.92. The summed E-state index contributed by atoms with van der Waals surface area (Å²) >= 11 is 0. The van der Waals surface area contributed by atoms with Gasteiger partial charge >= 0.3 is 0 Å². The summed E-state index contributed by atoms with van der Waals surface area (Å²) in [5.74, 6) is -0.323. The van der Waals surface area contributed by atoms with Crippen molar-refractivity contribution in [3.05, 3.63) is 64.2 Å². The van der Waals surface area contributed by atoms with Crippen LogP contribution in [0.1, 0.15) is 47.2 Å². The molecule has 0 radical (unpaired) electrons. The Morgan fingerprint density at radius 2 is 1.79 bits per heavy atom. The number of nitrogens with zero attached hydrogens (tertiary/aromatic N) is 1. The van der Waals surface area contributed by atoms with Crippen molar-refractivity contribution in [2.75, 3.05) is 17.1 Å². The van der Waals surface area contributed by atoms with Gasteiger partial charge in [0, 0.05) is 0 Å². The summed E-state index contributed by atoms with van der Waals surface area (Å²) in [7, 11) is -3.58. The molecule has 0 heterocycles. The lowest BCUT2D eigenvalue weighted by Crippen LogP contribution is -2.41. The Hall–Kier alpha value is -2.34. The summed E-state index contributed by atoms with van der Waals surface area (Å²) < 4.78 is 25.7. The predicted molar refractivity (Wildman–Crippen MR) is 113 cm³/mol. The quantitative estimate of drug-likeness (QED) is 0.808. The Morgan fingerprint density at radius 1 is 1.07 bits per heavy atom. The molecule has 28 heavy (non-hydrogen) atoms. The van der Waals surface area contributed by atoms with Gasteiger partial charge < -0.3 is 5.32 Å². The maximum Gasteiger partial charge on any atom is 0.241 e. The van der Waals surface area contributed by atoms with E-state index in [0.29, 0.717) is 5.69 Å². The van der Waals surface area contributed by atoms with E-state index in [0.717, 1.165) is 40.1 Å². The van der Waals surface area contributed by atoms with Crippen LogP contribution >= 0.6 is 0 Å². The molecule has 6 heteroatoms. The molecule has 2 aromatic carbocycles. The Balaban J connectivity index is 1.74. The number of amides is 1. The van der Waals surface area contributed by atoms with Gasteiger partial charge in [0.1, 0.15) is 6.54 Å². The molecule has 0 spiro atoms. The SMILES string of the molecule is Cc1ccc(N(CC(=O)NC(C)c2ccc3c(c2)CCC3)S(C)(=O)=O)cc1C. The number of carbonyl (C=O) groups is 1. The molecule has 3 rings (SSSR count). The summed E-state index contributed by atoms with van der Waals surface area (Å²) in [4.78, 5) is 12.6. The van der Waals surface area contributed by atoms with Gasteiger partial charge in [-0.15, -0.1) is 0 Å². The van der Waals surface area contributed by atoms with Crippen molar-refractivity contribution in [2.45, 2.75) is 46.1 Å². The van der Waals surface area contributed by atoms with Crippen molar-refractivity contribution in [1.82, 2.24) is 5.32 Å². The molecule has 2 aromatic rings. The van der Waals surface area contributed by atoms with E-state index >= 15 is 0 Å².